The molecular weight excluding hydrogens is 350 g/mol. The quantitative estimate of drug-likeness (QED) is 0.784. The number of aromatic nitrogens is 2. The van der Waals surface area contributed by atoms with Crippen LogP contribution >= 0.6 is 0 Å². The molecule has 0 aliphatic carbocycles. The maximum atomic E-state index is 13.3. The van der Waals surface area contributed by atoms with Crippen LogP contribution in [0.3, 0.4) is 0 Å². The van der Waals surface area contributed by atoms with Gasteiger partial charge >= 0.3 is 5.97 Å². The summed E-state index contributed by atoms with van der Waals surface area (Å²) >= 11 is 0. The normalized spacial score (nSPS) is 15.9. The number of methoxy groups -OCH3 is 2. The molecule has 2 aromatic rings. The van der Waals surface area contributed by atoms with Crippen molar-refractivity contribution in [2.24, 2.45) is 5.73 Å². The first kappa shape index (κ1) is 18.7. The molecule has 27 heavy (non-hydrogen) atoms. The smallest absolute Gasteiger partial charge is 0.340 e. The van der Waals surface area contributed by atoms with Gasteiger partial charge < -0.3 is 24.5 Å². The Balaban J connectivity index is 2.28. The molecule has 2 N–H and O–H groups in total. The molecule has 1 aliphatic heterocycles. The predicted octanol–water partition coefficient (Wildman–Crippen LogP) is 1.07. The van der Waals surface area contributed by atoms with E-state index in [-0.39, 0.29) is 17.0 Å². The SMILES string of the molecule is COCCn1c(C)cc2c(c1=O)C(c1cccnc1)C(C(=O)OC)=C(N)O2. The minimum atomic E-state index is -0.739. The molecule has 0 fully saturated rings. The number of ether oxygens (including phenoxy) is 3. The number of carbonyl (C=O) groups is 1. The molecule has 1 atom stereocenters. The average molecular weight is 371 g/mol. The van der Waals surface area contributed by atoms with Gasteiger partial charge in [0.15, 0.2) is 0 Å². The number of aryl methyl sites for hydroxylation is 1. The van der Waals surface area contributed by atoms with Gasteiger partial charge in [-0.1, -0.05) is 6.07 Å². The van der Waals surface area contributed by atoms with Gasteiger partial charge in [0.25, 0.3) is 5.56 Å². The summed E-state index contributed by atoms with van der Waals surface area (Å²) in [4.78, 5) is 29.8. The van der Waals surface area contributed by atoms with E-state index in [4.69, 9.17) is 19.9 Å². The van der Waals surface area contributed by atoms with Gasteiger partial charge in [-0.15, -0.1) is 0 Å². The molecule has 0 radical (unpaired) electrons. The highest BCUT2D eigenvalue weighted by Gasteiger charge is 2.38. The topological polar surface area (TPSA) is 106 Å². The highest BCUT2D eigenvalue weighted by atomic mass is 16.5. The van der Waals surface area contributed by atoms with Crippen LogP contribution in [0.2, 0.25) is 0 Å². The fraction of sp³-hybridized carbons (Fsp3) is 0.316. The molecular formula is C19H21N3O5. The summed E-state index contributed by atoms with van der Waals surface area (Å²) < 4.78 is 17.2. The molecule has 3 heterocycles. The van der Waals surface area contributed by atoms with Crippen molar-refractivity contribution in [3.8, 4) is 5.75 Å². The third kappa shape index (κ3) is 3.31. The molecule has 1 unspecified atom stereocenters. The molecule has 0 bridgehead atoms. The van der Waals surface area contributed by atoms with E-state index in [9.17, 15) is 9.59 Å². The van der Waals surface area contributed by atoms with E-state index in [1.54, 1.807) is 49.2 Å². The summed E-state index contributed by atoms with van der Waals surface area (Å²) in [6.07, 6.45) is 3.20. The predicted molar refractivity (Wildman–Crippen MR) is 97.3 cm³/mol. The Morgan fingerprint density at radius 1 is 1.41 bits per heavy atom. The second kappa shape index (κ2) is 7.63. The largest absolute Gasteiger partial charge is 0.465 e. The fourth-order valence-electron chi connectivity index (χ4n) is 3.24. The molecule has 3 rings (SSSR count). The van der Waals surface area contributed by atoms with E-state index < -0.39 is 11.9 Å². The minimum Gasteiger partial charge on any atom is -0.465 e. The lowest BCUT2D eigenvalue weighted by atomic mass is 9.84. The van der Waals surface area contributed by atoms with E-state index in [1.807, 2.05) is 0 Å². The van der Waals surface area contributed by atoms with Gasteiger partial charge in [0, 0.05) is 37.8 Å². The van der Waals surface area contributed by atoms with Gasteiger partial charge in [0.05, 0.1) is 25.2 Å². The molecule has 0 saturated carbocycles. The summed E-state index contributed by atoms with van der Waals surface area (Å²) in [5.74, 6) is -1.16. The summed E-state index contributed by atoms with van der Waals surface area (Å²) in [5, 5.41) is 0. The second-order valence-corrected chi connectivity index (χ2v) is 6.10. The lowest BCUT2D eigenvalue weighted by molar-refractivity contribution is -0.136. The summed E-state index contributed by atoms with van der Waals surface area (Å²) in [7, 11) is 2.82. The Morgan fingerprint density at radius 3 is 2.81 bits per heavy atom. The van der Waals surface area contributed by atoms with Crippen LogP contribution in [0.25, 0.3) is 0 Å². The van der Waals surface area contributed by atoms with Crippen LogP contribution in [0.1, 0.15) is 22.7 Å². The van der Waals surface area contributed by atoms with Crippen LogP contribution in [-0.2, 0) is 20.8 Å². The first-order valence-electron chi connectivity index (χ1n) is 8.38. The highest BCUT2D eigenvalue weighted by Crippen LogP contribution is 2.40. The number of nitrogens with zero attached hydrogens (tertiary/aromatic N) is 2. The van der Waals surface area contributed by atoms with Gasteiger partial charge in [0.2, 0.25) is 5.88 Å². The standard InChI is InChI=1S/C19H21N3O5/c1-11-9-13-15(18(23)22(11)7-8-25-2)14(12-5-4-6-21-10-12)16(17(20)27-13)19(24)26-3/h4-6,9-10,14H,7-8,20H2,1-3H3. The average Bonchev–Trinajstić information content (AvgIpc) is 2.67. The molecule has 142 valence electrons. The van der Waals surface area contributed by atoms with Gasteiger partial charge in [0.1, 0.15) is 11.3 Å². The summed E-state index contributed by atoms with van der Waals surface area (Å²) in [6.45, 7) is 2.55. The first-order chi connectivity index (χ1) is 13.0. The van der Waals surface area contributed by atoms with Gasteiger partial charge in [-0.2, -0.15) is 0 Å². The minimum absolute atomic E-state index is 0.0808. The lowest BCUT2D eigenvalue weighted by Gasteiger charge is -2.28. The number of nitrogens with two attached hydrogens (primary N) is 1. The zero-order valence-corrected chi connectivity index (χ0v) is 15.4. The Labute approximate surface area is 156 Å². The number of hydrogen-bond donors (Lipinski definition) is 1. The molecule has 0 aromatic carbocycles. The van der Waals surface area contributed by atoms with Crippen molar-refractivity contribution < 1.29 is 19.0 Å². The maximum Gasteiger partial charge on any atom is 0.340 e. The Hall–Kier alpha value is -3.13. The zero-order chi connectivity index (χ0) is 19.6. The van der Waals surface area contributed by atoms with Crippen LogP contribution in [0, 0.1) is 6.92 Å². The van der Waals surface area contributed by atoms with Crippen molar-refractivity contribution >= 4 is 5.97 Å². The van der Waals surface area contributed by atoms with E-state index in [1.165, 1.54) is 7.11 Å². The molecule has 0 saturated heterocycles. The third-order valence-electron chi connectivity index (χ3n) is 4.51. The number of hydrogen-bond acceptors (Lipinski definition) is 7. The van der Waals surface area contributed by atoms with E-state index in [0.29, 0.717) is 35.7 Å². The van der Waals surface area contributed by atoms with Crippen LogP contribution in [-0.4, -0.2) is 36.3 Å². The molecule has 8 heteroatoms. The summed E-state index contributed by atoms with van der Waals surface area (Å²) in [5.41, 5.74) is 7.50. The van der Waals surface area contributed by atoms with Crippen molar-refractivity contribution in [3.05, 3.63) is 69.2 Å². The zero-order valence-electron chi connectivity index (χ0n) is 15.4. The lowest BCUT2D eigenvalue weighted by Crippen LogP contribution is -2.35. The third-order valence-corrected chi connectivity index (χ3v) is 4.51. The Kier molecular flexibility index (Phi) is 5.27. The van der Waals surface area contributed by atoms with Crippen molar-refractivity contribution in [1.82, 2.24) is 9.55 Å². The number of rotatable bonds is 5. The van der Waals surface area contributed by atoms with E-state index in [0.717, 1.165) is 0 Å². The van der Waals surface area contributed by atoms with E-state index in [2.05, 4.69) is 4.98 Å². The molecule has 8 nitrogen and oxygen atoms in total. The highest BCUT2D eigenvalue weighted by molar-refractivity contribution is 5.92. The van der Waals surface area contributed by atoms with Gasteiger partial charge in [-0.05, 0) is 18.6 Å². The summed E-state index contributed by atoms with van der Waals surface area (Å²) in [6, 6.07) is 5.24. The van der Waals surface area contributed by atoms with Crippen LogP contribution in [0.15, 0.2) is 46.8 Å². The first-order valence-corrected chi connectivity index (χ1v) is 8.38. The number of esters is 1. The molecule has 1 aliphatic rings. The Bertz CT molecular complexity index is 950. The fourth-order valence-corrected chi connectivity index (χ4v) is 3.24. The van der Waals surface area contributed by atoms with Crippen molar-refractivity contribution in [3.63, 3.8) is 0 Å². The monoisotopic (exact) mass is 371 g/mol. The Morgan fingerprint density at radius 2 is 2.19 bits per heavy atom. The second-order valence-electron chi connectivity index (χ2n) is 6.10. The number of fused-ring (bicyclic) bond motifs is 1. The molecule has 2 aromatic heterocycles. The van der Waals surface area contributed by atoms with Crippen LogP contribution in [0.4, 0.5) is 0 Å². The molecule has 0 spiro atoms. The van der Waals surface area contributed by atoms with Gasteiger partial charge in [-0.25, -0.2) is 4.79 Å². The number of carbonyl (C=O) groups excluding carboxylic acids is 1. The maximum absolute atomic E-state index is 13.3. The molecule has 0 amide bonds. The van der Waals surface area contributed by atoms with E-state index >= 15 is 0 Å². The van der Waals surface area contributed by atoms with Crippen molar-refractivity contribution in [2.75, 3.05) is 20.8 Å². The number of pyridine rings is 2. The van der Waals surface area contributed by atoms with Crippen molar-refractivity contribution in [2.45, 2.75) is 19.4 Å². The van der Waals surface area contributed by atoms with Crippen molar-refractivity contribution in [1.29, 1.82) is 0 Å². The van der Waals surface area contributed by atoms with Gasteiger partial charge in [-0.3, -0.25) is 9.78 Å². The van der Waals surface area contributed by atoms with Crippen LogP contribution < -0.4 is 16.0 Å². The van der Waals surface area contributed by atoms with Crippen LogP contribution in [0.5, 0.6) is 5.75 Å².